The second-order valence-corrected chi connectivity index (χ2v) is 9.32. The van der Waals surface area contributed by atoms with Crippen molar-refractivity contribution in [2.24, 2.45) is 0 Å². The van der Waals surface area contributed by atoms with E-state index in [1.54, 1.807) is 23.1 Å². The SMILES string of the molecule is CCCCNC(=O)[C@H](CC)N(Cc1ccc(Cl)cc1Cl)C(=O)CSc1ccc(C)cc1. The van der Waals surface area contributed by atoms with E-state index in [1.165, 1.54) is 17.3 Å². The van der Waals surface area contributed by atoms with Gasteiger partial charge >= 0.3 is 0 Å². The minimum Gasteiger partial charge on any atom is -0.354 e. The third-order valence-corrected chi connectivity index (χ3v) is 6.54. The molecule has 0 unspecified atom stereocenters. The highest BCUT2D eigenvalue weighted by Crippen LogP contribution is 2.25. The molecule has 0 fully saturated rings. The molecule has 2 amide bonds. The molecule has 0 aliphatic rings. The molecule has 1 N–H and O–H groups in total. The zero-order chi connectivity index (χ0) is 22.8. The summed E-state index contributed by atoms with van der Waals surface area (Å²) >= 11 is 13.9. The average molecular weight is 481 g/mol. The van der Waals surface area contributed by atoms with Crippen molar-refractivity contribution in [2.45, 2.75) is 57.5 Å². The monoisotopic (exact) mass is 480 g/mol. The maximum absolute atomic E-state index is 13.3. The molecular formula is C24H30Cl2N2O2S. The highest BCUT2D eigenvalue weighted by Gasteiger charge is 2.29. The number of hydrogen-bond donors (Lipinski definition) is 1. The molecule has 4 nitrogen and oxygen atoms in total. The van der Waals surface area contributed by atoms with Crippen LogP contribution in [0.15, 0.2) is 47.4 Å². The third kappa shape index (κ3) is 8.06. The number of benzene rings is 2. The Morgan fingerprint density at radius 3 is 2.42 bits per heavy atom. The Hall–Kier alpha value is -1.69. The second kappa shape index (κ2) is 13.0. The Labute approximate surface area is 199 Å². The summed E-state index contributed by atoms with van der Waals surface area (Å²) in [7, 11) is 0. The van der Waals surface area contributed by atoms with Gasteiger partial charge in [-0.1, -0.05) is 67.2 Å². The van der Waals surface area contributed by atoms with Gasteiger partial charge in [-0.3, -0.25) is 9.59 Å². The normalized spacial score (nSPS) is 11.8. The molecule has 0 radical (unpaired) electrons. The Morgan fingerprint density at radius 1 is 1.10 bits per heavy atom. The lowest BCUT2D eigenvalue weighted by atomic mass is 10.1. The Balaban J connectivity index is 2.20. The average Bonchev–Trinajstić information content (AvgIpc) is 2.74. The van der Waals surface area contributed by atoms with E-state index >= 15 is 0 Å². The van der Waals surface area contributed by atoms with E-state index in [2.05, 4.69) is 12.2 Å². The van der Waals surface area contributed by atoms with Crippen molar-refractivity contribution in [1.29, 1.82) is 0 Å². The molecule has 0 heterocycles. The van der Waals surface area contributed by atoms with Crippen molar-refractivity contribution >= 4 is 46.8 Å². The van der Waals surface area contributed by atoms with Gasteiger partial charge in [0, 0.05) is 28.0 Å². The van der Waals surface area contributed by atoms with Crippen molar-refractivity contribution < 1.29 is 9.59 Å². The lowest BCUT2D eigenvalue weighted by Gasteiger charge is -2.31. The zero-order valence-corrected chi connectivity index (χ0v) is 20.6. The molecule has 1 atom stereocenters. The van der Waals surface area contributed by atoms with Crippen LogP contribution in [0, 0.1) is 6.92 Å². The van der Waals surface area contributed by atoms with E-state index in [4.69, 9.17) is 23.2 Å². The first kappa shape index (κ1) is 25.6. The molecule has 0 saturated heterocycles. The molecule has 7 heteroatoms. The van der Waals surface area contributed by atoms with Gasteiger partial charge in [-0.05, 0) is 49.6 Å². The quantitative estimate of drug-likeness (QED) is 0.311. The molecule has 0 aliphatic heterocycles. The third-order valence-electron chi connectivity index (χ3n) is 4.95. The van der Waals surface area contributed by atoms with Crippen molar-refractivity contribution in [3.63, 3.8) is 0 Å². The molecule has 31 heavy (non-hydrogen) atoms. The van der Waals surface area contributed by atoms with Gasteiger partial charge in [0.2, 0.25) is 11.8 Å². The lowest BCUT2D eigenvalue weighted by molar-refractivity contribution is -0.139. The van der Waals surface area contributed by atoms with Gasteiger partial charge < -0.3 is 10.2 Å². The fraction of sp³-hybridized carbons (Fsp3) is 0.417. The van der Waals surface area contributed by atoms with E-state index < -0.39 is 6.04 Å². The van der Waals surface area contributed by atoms with Crippen molar-refractivity contribution in [1.82, 2.24) is 10.2 Å². The molecule has 0 saturated carbocycles. The molecule has 2 rings (SSSR count). The lowest BCUT2D eigenvalue weighted by Crippen LogP contribution is -2.49. The second-order valence-electron chi connectivity index (χ2n) is 7.43. The number of amides is 2. The van der Waals surface area contributed by atoms with Gasteiger partial charge in [0.05, 0.1) is 5.75 Å². The summed E-state index contributed by atoms with van der Waals surface area (Å²) in [6.07, 6.45) is 2.42. The number of nitrogens with zero attached hydrogens (tertiary/aromatic N) is 1. The van der Waals surface area contributed by atoms with E-state index in [-0.39, 0.29) is 24.1 Å². The summed E-state index contributed by atoms with van der Waals surface area (Å²) in [5.41, 5.74) is 1.93. The summed E-state index contributed by atoms with van der Waals surface area (Å²) < 4.78 is 0. The van der Waals surface area contributed by atoms with E-state index in [0.717, 1.165) is 23.3 Å². The summed E-state index contributed by atoms with van der Waals surface area (Å²) in [5, 5.41) is 3.98. The van der Waals surface area contributed by atoms with Gasteiger partial charge in [0.15, 0.2) is 0 Å². The van der Waals surface area contributed by atoms with Crippen LogP contribution < -0.4 is 5.32 Å². The number of thioether (sulfide) groups is 1. The highest BCUT2D eigenvalue weighted by atomic mass is 35.5. The first-order chi connectivity index (χ1) is 14.8. The zero-order valence-electron chi connectivity index (χ0n) is 18.3. The minimum atomic E-state index is -0.560. The summed E-state index contributed by atoms with van der Waals surface area (Å²) in [5.74, 6) is 0.0105. The van der Waals surface area contributed by atoms with Crippen LogP contribution in [0.5, 0.6) is 0 Å². The minimum absolute atomic E-state index is 0.103. The number of carbonyl (C=O) groups is 2. The molecule has 168 valence electrons. The van der Waals surface area contributed by atoms with Gasteiger partial charge in [-0.15, -0.1) is 11.8 Å². The van der Waals surface area contributed by atoms with E-state index in [0.29, 0.717) is 23.0 Å². The summed E-state index contributed by atoms with van der Waals surface area (Å²) in [6.45, 7) is 6.88. The molecule has 0 bridgehead atoms. The highest BCUT2D eigenvalue weighted by molar-refractivity contribution is 8.00. The summed E-state index contributed by atoms with van der Waals surface area (Å²) in [4.78, 5) is 28.8. The Bertz CT molecular complexity index is 874. The number of hydrogen-bond acceptors (Lipinski definition) is 3. The smallest absolute Gasteiger partial charge is 0.242 e. The number of nitrogens with one attached hydrogen (secondary N) is 1. The van der Waals surface area contributed by atoms with Crippen LogP contribution in [0.25, 0.3) is 0 Å². The van der Waals surface area contributed by atoms with Crippen molar-refractivity contribution in [3.8, 4) is 0 Å². The van der Waals surface area contributed by atoms with Crippen LogP contribution >= 0.6 is 35.0 Å². The Morgan fingerprint density at radius 2 is 1.81 bits per heavy atom. The standard InChI is InChI=1S/C24H30Cl2N2O2S/c1-4-6-13-27-24(30)22(5-2)28(15-18-9-10-19(25)14-21(18)26)23(29)16-31-20-11-7-17(3)8-12-20/h7-12,14,22H,4-6,13,15-16H2,1-3H3,(H,27,30)/t22-/m0/s1. The Kier molecular flexibility index (Phi) is 10.7. The molecule has 2 aromatic carbocycles. The molecule has 0 aromatic heterocycles. The van der Waals surface area contributed by atoms with Crippen LogP contribution in [0.4, 0.5) is 0 Å². The number of aryl methyl sites for hydroxylation is 1. The summed E-state index contributed by atoms with van der Waals surface area (Å²) in [6, 6.07) is 12.7. The predicted octanol–water partition coefficient (Wildman–Crippen LogP) is 6.12. The maximum atomic E-state index is 13.3. The largest absolute Gasteiger partial charge is 0.354 e. The van der Waals surface area contributed by atoms with Crippen molar-refractivity contribution in [3.05, 3.63) is 63.6 Å². The predicted molar refractivity (Wildman–Crippen MR) is 131 cm³/mol. The van der Waals surface area contributed by atoms with Gasteiger partial charge in [0.25, 0.3) is 0 Å². The number of rotatable bonds is 11. The number of unbranched alkanes of at least 4 members (excludes halogenated alkanes) is 1. The van der Waals surface area contributed by atoms with E-state index in [9.17, 15) is 9.59 Å². The molecule has 0 aliphatic carbocycles. The maximum Gasteiger partial charge on any atom is 0.242 e. The van der Waals surface area contributed by atoms with Crippen LogP contribution in [0.1, 0.15) is 44.2 Å². The van der Waals surface area contributed by atoms with Crippen LogP contribution in [0.3, 0.4) is 0 Å². The molecule has 0 spiro atoms. The molecule has 2 aromatic rings. The van der Waals surface area contributed by atoms with Gasteiger partial charge in [0.1, 0.15) is 6.04 Å². The van der Waals surface area contributed by atoms with Crippen LogP contribution in [0.2, 0.25) is 10.0 Å². The first-order valence-electron chi connectivity index (χ1n) is 10.6. The first-order valence-corrected chi connectivity index (χ1v) is 12.3. The van der Waals surface area contributed by atoms with Crippen LogP contribution in [-0.2, 0) is 16.1 Å². The number of carbonyl (C=O) groups excluding carboxylic acids is 2. The fourth-order valence-corrected chi connectivity index (χ4v) is 4.37. The van der Waals surface area contributed by atoms with Gasteiger partial charge in [-0.25, -0.2) is 0 Å². The van der Waals surface area contributed by atoms with E-state index in [1.807, 2.05) is 38.1 Å². The van der Waals surface area contributed by atoms with Gasteiger partial charge in [-0.2, -0.15) is 0 Å². The topological polar surface area (TPSA) is 49.4 Å². The molecular weight excluding hydrogens is 451 g/mol. The van der Waals surface area contributed by atoms with Crippen LogP contribution in [-0.4, -0.2) is 35.1 Å². The van der Waals surface area contributed by atoms with Crippen molar-refractivity contribution in [2.75, 3.05) is 12.3 Å². The number of halogens is 2. The fourth-order valence-electron chi connectivity index (χ4n) is 3.12.